The highest BCUT2D eigenvalue weighted by Gasteiger charge is 2.60. The summed E-state index contributed by atoms with van der Waals surface area (Å²) in [5, 5.41) is 8.60. The van der Waals surface area contributed by atoms with Gasteiger partial charge in [-0.2, -0.15) is 0 Å². The minimum atomic E-state index is 0.229. The number of ether oxygens (including phenoxy) is 1. The molecule has 2 atom stereocenters. The van der Waals surface area contributed by atoms with Gasteiger partial charge < -0.3 is 9.64 Å². The molecule has 0 aromatic carbocycles. The van der Waals surface area contributed by atoms with Gasteiger partial charge in [0.05, 0.1) is 12.1 Å². The molecule has 2 saturated carbocycles. The molecule has 0 aliphatic heterocycles. The van der Waals surface area contributed by atoms with Gasteiger partial charge in [-0.3, -0.25) is 0 Å². The van der Waals surface area contributed by atoms with Gasteiger partial charge in [0.2, 0.25) is 0 Å². The van der Waals surface area contributed by atoms with Crippen LogP contribution in [0.5, 0.6) is 0 Å². The molecule has 2 unspecified atom stereocenters. The third-order valence-electron chi connectivity index (χ3n) is 5.84. The first kappa shape index (κ1) is 14.8. The van der Waals surface area contributed by atoms with Gasteiger partial charge in [0.1, 0.15) is 6.33 Å². The predicted octanol–water partition coefficient (Wildman–Crippen LogP) is 2.20. The number of hydrogen-bond donors (Lipinski definition) is 0. The first-order valence-electron chi connectivity index (χ1n) is 8.40. The van der Waals surface area contributed by atoms with Crippen LogP contribution in [0.15, 0.2) is 6.33 Å². The van der Waals surface area contributed by atoms with Gasteiger partial charge in [-0.05, 0) is 33.1 Å². The second-order valence-corrected chi connectivity index (χ2v) is 7.17. The Balaban J connectivity index is 1.70. The summed E-state index contributed by atoms with van der Waals surface area (Å²) in [4.78, 5) is 11.2. The van der Waals surface area contributed by atoms with E-state index in [9.17, 15) is 0 Å². The fraction of sp³-hybridized carbons (Fsp3) is 0.750. The third-order valence-corrected chi connectivity index (χ3v) is 5.84. The Morgan fingerprint density at radius 2 is 2.13 bits per heavy atom. The maximum Gasteiger partial charge on any atom is 0.184 e. The summed E-state index contributed by atoms with van der Waals surface area (Å²) in [5.74, 6) is 0.882. The van der Waals surface area contributed by atoms with E-state index in [-0.39, 0.29) is 6.04 Å². The molecule has 2 aliphatic carbocycles. The van der Waals surface area contributed by atoms with Crippen LogP contribution in [0.2, 0.25) is 0 Å². The second-order valence-electron chi connectivity index (χ2n) is 7.17. The summed E-state index contributed by atoms with van der Waals surface area (Å²) in [6.45, 7) is 4.16. The molecular formula is C16H24N6O. The fourth-order valence-electron chi connectivity index (χ4n) is 4.35. The molecule has 2 aromatic heterocycles. The fourth-order valence-corrected chi connectivity index (χ4v) is 4.35. The van der Waals surface area contributed by atoms with Crippen molar-refractivity contribution in [3.05, 3.63) is 6.33 Å². The Kier molecular flexibility index (Phi) is 3.30. The van der Waals surface area contributed by atoms with E-state index in [1.807, 2.05) is 11.8 Å². The van der Waals surface area contributed by atoms with Crippen molar-refractivity contribution in [1.29, 1.82) is 0 Å². The summed E-state index contributed by atoms with van der Waals surface area (Å²) >= 11 is 0. The van der Waals surface area contributed by atoms with Crippen LogP contribution in [-0.2, 0) is 4.74 Å². The molecule has 0 saturated heterocycles. The van der Waals surface area contributed by atoms with E-state index in [0.717, 1.165) is 23.4 Å². The van der Waals surface area contributed by atoms with Crippen molar-refractivity contribution in [3.63, 3.8) is 0 Å². The molecule has 7 heteroatoms. The Labute approximate surface area is 136 Å². The Bertz CT molecular complexity index is 722. The third kappa shape index (κ3) is 1.92. The molecule has 0 amide bonds. The number of nitrogens with zero attached hydrogens (tertiary/aromatic N) is 6. The summed E-state index contributed by atoms with van der Waals surface area (Å²) in [6.07, 6.45) is 6.84. The Morgan fingerprint density at radius 3 is 2.74 bits per heavy atom. The highest BCUT2D eigenvalue weighted by Crippen LogP contribution is 2.59. The lowest BCUT2D eigenvalue weighted by Gasteiger charge is -2.63. The van der Waals surface area contributed by atoms with Crippen LogP contribution in [0.1, 0.15) is 45.6 Å². The summed E-state index contributed by atoms with van der Waals surface area (Å²) in [6, 6.07) is 0.691. The van der Waals surface area contributed by atoms with Crippen LogP contribution in [0, 0.1) is 5.41 Å². The number of hydrogen-bond acceptors (Lipinski definition) is 6. The van der Waals surface area contributed by atoms with Crippen molar-refractivity contribution in [2.24, 2.45) is 5.41 Å². The molecule has 23 heavy (non-hydrogen) atoms. The summed E-state index contributed by atoms with van der Waals surface area (Å²) < 4.78 is 7.55. The molecule has 7 nitrogen and oxygen atoms in total. The molecule has 0 bridgehead atoms. The number of aromatic nitrogens is 5. The van der Waals surface area contributed by atoms with E-state index >= 15 is 0 Å². The van der Waals surface area contributed by atoms with E-state index in [2.05, 4.69) is 46.1 Å². The van der Waals surface area contributed by atoms with Crippen molar-refractivity contribution < 1.29 is 4.74 Å². The molecule has 0 N–H and O–H groups in total. The van der Waals surface area contributed by atoms with Gasteiger partial charge >= 0.3 is 0 Å². The lowest BCUT2D eigenvalue weighted by molar-refractivity contribution is -0.152. The number of methoxy groups -OCH3 is 1. The number of anilines is 1. The summed E-state index contributed by atoms with van der Waals surface area (Å²) in [7, 11) is 3.95. The minimum absolute atomic E-state index is 0.229. The quantitative estimate of drug-likeness (QED) is 0.861. The van der Waals surface area contributed by atoms with Crippen LogP contribution >= 0.6 is 0 Å². The van der Waals surface area contributed by atoms with Crippen LogP contribution in [0.3, 0.4) is 0 Å². The van der Waals surface area contributed by atoms with E-state index in [1.54, 1.807) is 6.33 Å². The average Bonchev–Trinajstić information content (AvgIpc) is 2.88. The zero-order valence-electron chi connectivity index (χ0n) is 14.2. The van der Waals surface area contributed by atoms with Crippen LogP contribution in [0.4, 0.5) is 5.82 Å². The van der Waals surface area contributed by atoms with Gasteiger partial charge in [-0.15, -0.1) is 5.10 Å². The van der Waals surface area contributed by atoms with Crippen LogP contribution in [-0.4, -0.2) is 51.3 Å². The normalized spacial score (nSPS) is 25.6. The second kappa shape index (κ2) is 5.12. The average molecular weight is 316 g/mol. The van der Waals surface area contributed by atoms with Gasteiger partial charge in [0.25, 0.3) is 0 Å². The van der Waals surface area contributed by atoms with Crippen molar-refractivity contribution in [2.75, 3.05) is 19.1 Å². The maximum atomic E-state index is 5.69. The molecule has 2 fully saturated rings. The molecule has 0 radical (unpaired) electrons. The zero-order chi connectivity index (χ0) is 16.2. The minimum Gasteiger partial charge on any atom is -0.381 e. The van der Waals surface area contributed by atoms with E-state index in [0.29, 0.717) is 17.6 Å². The zero-order valence-corrected chi connectivity index (χ0v) is 14.2. The van der Waals surface area contributed by atoms with Gasteiger partial charge in [0.15, 0.2) is 17.0 Å². The number of rotatable bonds is 4. The van der Waals surface area contributed by atoms with Gasteiger partial charge in [0, 0.05) is 25.6 Å². The molecule has 2 aliphatic rings. The van der Waals surface area contributed by atoms with E-state index in [1.165, 1.54) is 19.3 Å². The molecule has 124 valence electrons. The van der Waals surface area contributed by atoms with Crippen LogP contribution in [0.25, 0.3) is 11.2 Å². The first-order chi connectivity index (χ1) is 11.1. The Hall–Kier alpha value is -1.76. The first-order valence-corrected chi connectivity index (χ1v) is 8.40. The largest absolute Gasteiger partial charge is 0.381 e. The lowest BCUT2D eigenvalue weighted by Crippen LogP contribution is -2.67. The number of fused-ring (bicyclic) bond motifs is 1. The van der Waals surface area contributed by atoms with Gasteiger partial charge in [-0.1, -0.05) is 11.6 Å². The highest BCUT2D eigenvalue weighted by molar-refractivity contribution is 5.82. The van der Waals surface area contributed by atoms with E-state index in [4.69, 9.17) is 4.74 Å². The van der Waals surface area contributed by atoms with Crippen molar-refractivity contribution in [1.82, 2.24) is 25.0 Å². The highest BCUT2D eigenvalue weighted by atomic mass is 16.5. The lowest BCUT2D eigenvalue weighted by atomic mass is 9.50. The smallest absolute Gasteiger partial charge is 0.184 e. The Morgan fingerprint density at radius 1 is 1.35 bits per heavy atom. The van der Waals surface area contributed by atoms with Crippen molar-refractivity contribution in [2.45, 2.75) is 57.7 Å². The van der Waals surface area contributed by atoms with Crippen molar-refractivity contribution in [3.8, 4) is 0 Å². The molecule has 1 spiro atoms. The van der Waals surface area contributed by atoms with Crippen LogP contribution < -0.4 is 4.90 Å². The molecule has 2 heterocycles. The summed E-state index contributed by atoms with van der Waals surface area (Å²) in [5.41, 5.74) is 1.90. The maximum absolute atomic E-state index is 5.69. The SMILES string of the molecule is COC1CC(N(C)c2ncnc3c2nnn3C(C)C)C12CCC2. The molecule has 2 aromatic rings. The molecular weight excluding hydrogens is 292 g/mol. The van der Waals surface area contributed by atoms with E-state index < -0.39 is 0 Å². The van der Waals surface area contributed by atoms with Crippen molar-refractivity contribution >= 4 is 17.0 Å². The molecule has 4 rings (SSSR count). The monoisotopic (exact) mass is 316 g/mol. The standard InChI is InChI=1S/C16H24N6O/c1-10(2)22-15-13(19-20-22)14(17-9-18-15)21(3)11-8-12(23-4)16(11)6-5-7-16/h9-12H,5-8H2,1-4H3. The van der Waals surface area contributed by atoms with Gasteiger partial charge in [-0.25, -0.2) is 14.6 Å². The topological polar surface area (TPSA) is 69.0 Å². The predicted molar refractivity (Wildman–Crippen MR) is 87.4 cm³/mol.